The van der Waals surface area contributed by atoms with E-state index in [1.807, 2.05) is 0 Å². The predicted molar refractivity (Wildman–Crippen MR) is 389 cm³/mol. The molecule has 0 saturated carbocycles. The summed E-state index contributed by atoms with van der Waals surface area (Å²) in [5.74, 6) is -14.0. The average molecular weight is 1530 g/mol. The summed E-state index contributed by atoms with van der Waals surface area (Å²) in [5, 5.41) is 87.7. The number of ether oxygens (including phenoxy) is 2. The highest BCUT2D eigenvalue weighted by Crippen LogP contribution is 2.28. The van der Waals surface area contributed by atoms with Gasteiger partial charge in [-0.3, -0.25) is 62.3 Å². The fraction of sp³-hybridized carbons (Fsp3) is 0.622. The van der Waals surface area contributed by atoms with Crippen molar-refractivity contribution in [2.24, 2.45) is 17.6 Å². The van der Waals surface area contributed by atoms with Gasteiger partial charge in [0, 0.05) is 52.9 Å². The summed E-state index contributed by atoms with van der Waals surface area (Å²) in [6.07, 6.45) is -9.64. The first-order valence-electron chi connectivity index (χ1n) is 37.1. The molecule has 0 bridgehead atoms. The maximum atomic E-state index is 15.3. The molecule has 16 unspecified atom stereocenters. The lowest BCUT2D eigenvalue weighted by Crippen LogP contribution is -2.61. The van der Waals surface area contributed by atoms with Crippen LogP contribution in [-0.2, 0) is 84.7 Å². The second-order valence-electron chi connectivity index (χ2n) is 28.7. The van der Waals surface area contributed by atoms with Crippen molar-refractivity contribution < 1.29 is 107 Å². The molecule has 4 aliphatic heterocycles. The molecule has 602 valence electrons. The van der Waals surface area contributed by atoms with Crippen LogP contribution in [0.2, 0.25) is 0 Å². The molecule has 109 heavy (non-hydrogen) atoms. The van der Waals surface area contributed by atoms with Crippen LogP contribution < -0.4 is 53.0 Å². The van der Waals surface area contributed by atoms with Gasteiger partial charge in [0.05, 0.1) is 44.6 Å². The zero-order chi connectivity index (χ0) is 80.7. The van der Waals surface area contributed by atoms with E-state index in [2.05, 4.69) is 42.5 Å². The third-order valence-corrected chi connectivity index (χ3v) is 20.2. The van der Waals surface area contributed by atoms with E-state index in [1.165, 1.54) is 62.1 Å². The van der Waals surface area contributed by atoms with Gasteiger partial charge in [0.15, 0.2) is 6.10 Å². The summed E-state index contributed by atoms with van der Waals surface area (Å²) >= 11 is 0. The van der Waals surface area contributed by atoms with E-state index < -0.39 is 224 Å². The number of carbonyl (C=O) groups excluding carboxylic acids is 14. The van der Waals surface area contributed by atoms with Crippen molar-refractivity contribution in [3.63, 3.8) is 0 Å². The van der Waals surface area contributed by atoms with Crippen LogP contribution in [0.25, 0.3) is 0 Å². The molecule has 0 spiro atoms. The number of nitrogens with one attached hydrogen (secondary N) is 8. The number of aromatic hydroxyl groups is 1. The number of likely N-dealkylation sites (N-methyl/N-ethyl adjacent to an activating group) is 1. The van der Waals surface area contributed by atoms with Crippen molar-refractivity contribution in [2.75, 3.05) is 46.9 Å². The molecule has 0 aromatic heterocycles. The molecule has 4 fully saturated rings. The number of hydrogen-bond acceptors (Lipinski definition) is 22. The summed E-state index contributed by atoms with van der Waals surface area (Å²) in [5.41, 5.74) is 6.12. The Morgan fingerprint density at radius 3 is 1.81 bits per heavy atom. The molecule has 16 N–H and O–H groups in total. The van der Waals surface area contributed by atoms with Crippen molar-refractivity contribution >= 4 is 82.8 Å². The average Bonchev–Trinajstić information content (AvgIpc) is 1.63. The Hall–Kier alpha value is -9.84. The monoisotopic (exact) mass is 1530 g/mol. The topological polar surface area (TPSA) is 514 Å². The zero-order valence-electron chi connectivity index (χ0n) is 63.2. The third-order valence-electron chi connectivity index (χ3n) is 20.2. The van der Waals surface area contributed by atoms with Gasteiger partial charge in [-0.2, -0.15) is 0 Å². The number of amides is 13. The quantitative estimate of drug-likeness (QED) is 0.0388. The SMILES string of the molecule is CC=C1NC(=O)C(CO)NC(=O)C(C(C)CC)NC(=O)C2CCCN2C(=O)C2CCCN2C(=O)CNC(=O)C(CCC(N)=O)NC(=O)C(O)C(CC(O)CC(OC(=O)C(Cc2ccc(O)cc2)N(C)C(C)=O)C(O)CC(C)C)NC(=O)C2CCCN2C(=O)C(CCc2ccc(OC)cc2)NC(=O)C(C(C)O)NC1=O. The Bertz CT molecular complexity index is 3580. The lowest BCUT2D eigenvalue weighted by Gasteiger charge is -2.33. The molecule has 35 heteroatoms. The second-order valence-corrected chi connectivity index (χ2v) is 28.7. The molecule has 16 atom stereocenters. The Morgan fingerprint density at radius 2 is 1.24 bits per heavy atom. The minimum atomic E-state index is -2.47. The van der Waals surface area contributed by atoms with Crippen LogP contribution in [0.5, 0.6) is 11.5 Å². The van der Waals surface area contributed by atoms with E-state index in [0.717, 1.165) is 22.8 Å². The first-order chi connectivity index (χ1) is 51.6. The smallest absolute Gasteiger partial charge is 0.329 e. The maximum Gasteiger partial charge on any atom is 0.329 e. The van der Waals surface area contributed by atoms with Crippen LogP contribution in [0, 0.1) is 11.8 Å². The number of phenols is 1. The number of primary amides is 1. The number of rotatable bonds is 23. The van der Waals surface area contributed by atoms with E-state index in [4.69, 9.17) is 15.2 Å². The van der Waals surface area contributed by atoms with Crippen molar-refractivity contribution in [2.45, 2.75) is 236 Å². The van der Waals surface area contributed by atoms with Gasteiger partial charge in [-0.25, -0.2) is 4.79 Å². The minimum Gasteiger partial charge on any atom is -0.508 e. The lowest BCUT2D eigenvalue weighted by atomic mass is 9.93. The molecular weight excluding hydrogens is 1420 g/mol. The van der Waals surface area contributed by atoms with Crippen molar-refractivity contribution in [1.82, 2.24) is 62.1 Å². The number of allylic oxidation sites excluding steroid dienone is 1. The number of phenolic OH excluding ortho intramolecular Hbond substituents is 1. The van der Waals surface area contributed by atoms with Gasteiger partial charge in [0.25, 0.3) is 11.8 Å². The number of benzene rings is 2. The Labute approximate surface area is 632 Å². The number of hydrogen-bond donors (Lipinski definition) is 15. The maximum absolute atomic E-state index is 15.3. The van der Waals surface area contributed by atoms with Crippen LogP contribution in [-0.4, -0.2) is 271 Å². The van der Waals surface area contributed by atoms with Gasteiger partial charge >= 0.3 is 5.97 Å². The molecule has 0 radical (unpaired) electrons. The van der Waals surface area contributed by atoms with Gasteiger partial charge in [-0.15, -0.1) is 0 Å². The molecule has 2 aromatic carbocycles. The van der Waals surface area contributed by atoms with Crippen molar-refractivity contribution in [1.29, 1.82) is 0 Å². The molecule has 13 amide bonds. The van der Waals surface area contributed by atoms with E-state index >= 15 is 9.59 Å². The normalized spacial score (nSPS) is 25.8. The van der Waals surface area contributed by atoms with Gasteiger partial charge in [-0.05, 0) is 132 Å². The lowest BCUT2D eigenvalue weighted by molar-refractivity contribution is -0.166. The first-order valence-corrected chi connectivity index (χ1v) is 37.1. The predicted octanol–water partition coefficient (Wildman–Crippen LogP) is -3.04. The highest BCUT2D eigenvalue weighted by molar-refractivity contribution is 6.03. The number of aliphatic hydroxyl groups is 5. The molecule has 2 aromatic rings. The Kier molecular flexibility index (Phi) is 33.6. The van der Waals surface area contributed by atoms with E-state index in [1.54, 1.807) is 52.0 Å². The molecule has 0 aliphatic carbocycles. The summed E-state index contributed by atoms with van der Waals surface area (Å²) in [7, 11) is 2.80. The number of esters is 1. The van der Waals surface area contributed by atoms with Crippen LogP contribution >= 0.6 is 0 Å². The van der Waals surface area contributed by atoms with Gasteiger partial charge < -0.3 is 108 Å². The second kappa shape index (κ2) is 41.6. The summed E-state index contributed by atoms with van der Waals surface area (Å²) < 4.78 is 11.3. The standard InChI is InChI=1S/C74H109N13O22/c1-10-40(5)61-69(102)81-52(38-88)66(99)77-48(11-2)65(98)83-62(41(6)89)70(103)79-50(27-22-43-20-25-47(108-9)26-21-43)72(105)86-31-12-15-53(86)67(100)80-51(35-46(92)36-58(57(93)33-39(3)4)109-74(107)56(84(8)42(7)90)34-44-18-23-45(91)24-19-44)63(96)71(104)78-49(28-29-59(75)94)64(97)76-37-60(95)85-30-14-17-55(85)73(106)87-32-13-16-54(87)68(101)82-61/h11,18-21,23-26,39-41,46,49-58,61-63,88-89,91-93,96H,10,12-17,22,27-38H2,1-9H3,(H2,75,94)(H,76,97)(H,77,99)(H,78,104)(H,79,103)(H,80,100)(H,81,102)(H,82,101)(H,83,98). The highest BCUT2D eigenvalue weighted by Gasteiger charge is 2.46. The number of nitrogens with two attached hydrogens (primary N) is 1. The van der Waals surface area contributed by atoms with E-state index in [9.17, 15) is 88.2 Å². The van der Waals surface area contributed by atoms with Gasteiger partial charge in [0.2, 0.25) is 65.0 Å². The number of aliphatic hydroxyl groups excluding tert-OH is 5. The summed E-state index contributed by atoms with van der Waals surface area (Å²) in [4.78, 5) is 203. The fourth-order valence-electron chi connectivity index (χ4n) is 13.6. The molecule has 6 rings (SSSR count). The van der Waals surface area contributed by atoms with Crippen molar-refractivity contribution in [3.05, 3.63) is 71.4 Å². The largest absolute Gasteiger partial charge is 0.508 e. The minimum absolute atomic E-state index is 0.0222. The summed E-state index contributed by atoms with van der Waals surface area (Å²) in [6.45, 7) is 8.64. The Morgan fingerprint density at radius 1 is 0.670 bits per heavy atom. The van der Waals surface area contributed by atoms with Gasteiger partial charge in [-0.1, -0.05) is 64.5 Å². The molecule has 35 nitrogen and oxygen atoms in total. The van der Waals surface area contributed by atoms with Gasteiger partial charge in [0.1, 0.15) is 77.7 Å². The van der Waals surface area contributed by atoms with E-state index in [-0.39, 0.29) is 82.7 Å². The van der Waals surface area contributed by atoms with Crippen LogP contribution in [0.15, 0.2) is 60.3 Å². The molecule has 4 saturated heterocycles. The first kappa shape index (κ1) is 88.1. The van der Waals surface area contributed by atoms with E-state index in [0.29, 0.717) is 36.1 Å². The number of carbonyl (C=O) groups is 14. The fourth-order valence-corrected chi connectivity index (χ4v) is 13.6. The molecule has 4 aliphatic rings. The summed E-state index contributed by atoms with van der Waals surface area (Å²) in [6, 6.07) is -2.98. The van der Waals surface area contributed by atoms with Crippen LogP contribution in [0.4, 0.5) is 0 Å². The Balaban J connectivity index is 1.41. The third kappa shape index (κ3) is 24.8. The molecule has 4 heterocycles. The van der Waals surface area contributed by atoms with Crippen LogP contribution in [0.1, 0.15) is 143 Å². The van der Waals surface area contributed by atoms with Crippen LogP contribution in [0.3, 0.4) is 0 Å². The number of fused-ring (bicyclic) bond motifs is 3. The number of aryl methyl sites for hydroxylation is 1. The molecular formula is C74H109N13O22. The van der Waals surface area contributed by atoms with Crippen molar-refractivity contribution in [3.8, 4) is 11.5 Å². The zero-order valence-corrected chi connectivity index (χ0v) is 63.2. The highest BCUT2D eigenvalue weighted by atomic mass is 16.6. The number of methoxy groups -OCH3 is 1. The number of nitrogens with zero attached hydrogens (tertiary/aromatic N) is 4.